The number of carbonyl (C=O) groups excluding carboxylic acids is 2. The van der Waals surface area contributed by atoms with Crippen LogP contribution in [-0.2, 0) is 11.2 Å². The average molecular weight is 410 g/mol. The number of nitrogens with zero attached hydrogens (tertiary/aromatic N) is 1. The Labute approximate surface area is 175 Å². The van der Waals surface area contributed by atoms with Crippen LogP contribution < -0.4 is 16.4 Å². The zero-order chi connectivity index (χ0) is 21.1. The molecule has 2 aromatic rings. The molecular formula is C23H27FN4O2. The van der Waals surface area contributed by atoms with Gasteiger partial charge in [0.2, 0.25) is 5.91 Å². The monoisotopic (exact) mass is 410 g/mol. The second-order valence-electron chi connectivity index (χ2n) is 8.44. The number of hydrogen-bond acceptors (Lipinski definition) is 4. The van der Waals surface area contributed by atoms with Crippen molar-refractivity contribution < 1.29 is 14.0 Å². The summed E-state index contributed by atoms with van der Waals surface area (Å²) in [6.45, 7) is 1.44. The van der Waals surface area contributed by atoms with Crippen LogP contribution in [-0.4, -0.2) is 35.4 Å². The molecule has 6 nitrogen and oxygen atoms in total. The van der Waals surface area contributed by atoms with Gasteiger partial charge in [-0.3, -0.25) is 9.59 Å². The van der Waals surface area contributed by atoms with Crippen LogP contribution in [0, 0.1) is 5.82 Å². The Morgan fingerprint density at radius 1 is 1.13 bits per heavy atom. The molecule has 1 saturated heterocycles. The minimum Gasteiger partial charge on any atom is -0.370 e. The topological polar surface area (TPSA) is 97.1 Å². The molecule has 0 atom stereocenters. The number of rotatable bonds is 7. The van der Waals surface area contributed by atoms with Gasteiger partial charge in [-0.05, 0) is 74.0 Å². The second-order valence-corrected chi connectivity index (χ2v) is 8.44. The highest BCUT2D eigenvalue weighted by Gasteiger charge is 2.36. The van der Waals surface area contributed by atoms with Crippen LogP contribution in [0.4, 0.5) is 4.39 Å². The van der Waals surface area contributed by atoms with E-state index in [1.807, 2.05) is 6.07 Å². The SMILES string of the molecule is NC(=O)CC1(NC(=O)c2ccc(C3CC3)c(Cc3ccc(F)cc3)n2)CCNCC1. The highest BCUT2D eigenvalue weighted by molar-refractivity contribution is 5.93. The lowest BCUT2D eigenvalue weighted by Crippen LogP contribution is -2.56. The van der Waals surface area contributed by atoms with E-state index in [0.29, 0.717) is 30.9 Å². The minimum atomic E-state index is -0.637. The Kier molecular flexibility index (Phi) is 5.81. The zero-order valence-electron chi connectivity index (χ0n) is 16.9. The lowest BCUT2D eigenvalue weighted by atomic mass is 9.84. The lowest BCUT2D eigenvalue weighted by molar-refractivity contribution is -0.119. The predicted molar refractivity (Wildman–Crippen MR) is 112 cm³/mol. The van der Waals surface area contributed by atoms with Gasteiger partial charge in [0, 0.05) is 18.5 Å². The summed E-state index contributed by atoms with van der Waals surface area (Å²) < 4.78 is 13.3. The van der Waals surface area contributed by atoms with Gasteiger partial charge in [-0.1, -0.05) is 18.2 Å². The van der Waals surface area contributed by atoms with E-state index in [1.54, 1.807) is 18.2 Å². The van der Waals surface area contributed by atoms with E-state index in [4.69, 9.17) is 5.73 Å². The van der Waals surface area contributed by atoms with Crippen molar-refractivity contribution in [3.05, 3.63) is 64.7 Å². The van der Waals surface area contributed by atoms with Crippen LogP contribution in [0.2, 0.25) is 0 Å². The van der Waals surface area contributed by atoms with Crippen molar-refractivity contribution in [2.24, 2.45) is 5.73 Å². The number of halogens is 1. The number of piperidine rings is 1. The van der Waals surface area contributed by atoms with Crippen molar-refractivity contribution in [1.29, 1.82) is 0 Å². The summed E-state index contributed by atoms with van der Waals surface area (Å²) >= 11 is 0. The standard InChI is InChI=1S/C23H27FN4O2/c24-17-5-1-15(2-6-17)13-20-18(16-3-4-16)7-8-19(27-20)22(30)28-23(14-21(25)29)9-11-26-12-10-23/h1-2,5-8,16,26H,3-4,9-14H2,(H2,25,29)(H,28,30). The van der Waals surface area contributed by atoms with Crippen LogP contribution in [0.25, 0.3) is 0 Å². The maximum absolute atomic E-state index is 13.3. The van der Waals surface area contributed by atoms with Crippen molar-refractivity contribution >= 4 is 11.8 Å². The molecule has 4 N–H and O–H groups in total. The van der Waals surface area contributed by atoms with E-state index < -0.39 is 11.4 Å². The molecule has 0 unspecified atom stereocenters. The molecule has 30 heavy (non-hydrogen) atoms. The van der Waals surface area contributed by atoms with Gasteiger partial charge in [0.25, 0.3) is 5.91 Å². The Hall–Kier alpha value is -2.80. The van der Waals surface area contributed by atoms with E-state index in [-0.39, 0.29) is 18.1 Å². The molecule has 2 fully saturated rings. The van der Waals surface area contributed by atoms with E-state index in [0.717, 1.165) is 42.8 Å². The number of nitrogens with two attached hydrogens (primary N) is 1. The number of aromatic nitrogens is 1. The van der Waals surface area contributed by atoms with Gasteiger partial charge in [-0.15, -0.1) is 0 Å². The van der Waals surface area contributed by atoms with Crippen LogP contribution in [0.1, 0.15) is 65.3 Å². The second kappa shape index (κ2) is 8.52. The molecule has 2 heterocycles. The summed E-state index contributed by atoms with van der Waals surface area (Å²) in [6, 6.07) is 10.1. The molecule has 1 aromatic carbocycles. The Morgan fingerprint density at radius 2 is 1.83 bits per heavy atom. The molecule has 158 valence electrons. The minimum absolute atomic E-state index is 0.114. The Morgan fingerprint density at radius 3 is 2.47 bits per heavy atom. The number of primary amides is 1. The van der Waals surface area contributed by atoms with Crippen molar-refractivity contribution in [3.8, 4) is 0 Å². The summed E-state index contributed by atoms with van der Waals surface area (Å²) in [5.41, 5.74) is 8.11. The van der Waals surface area contributed by atoms with Crippen molar-refractivity contribution in [1.82, 2.24) is 15.6 Å². The summed E-state index contributed by atoms with van der Waals surface area (Å²) in [5.74, 6) is -0.508. The fourth-order valence-electron chi connectivity index (χ4n) is 4.23. The van der Waals surface area contributed by atoms with Gasteiger partial charge in [0.15, 0.2) is 0 Å². The molecule has 2 aliphatic rings. The summed E-state index contributed by atoms with van der Waals surface area (Å²) in [6.07, 6.45) is 4.19. The van der Waals surface area contributed by atoms with Gasteiger partial charge in [-0.2, -0.15) is 0 Å². The first-order chi connectivity index (χ1) is 14.4. The van der Waals surface area contributed by atoms with Gasteiger partial charge >= 0.3 is 0 Å². The van der Waals surface area contributed by atoms with Gasteiger partial charge < -0.3 is 16.4 Å². The third kappa shape index (κ3) is 4.84. The molecule has 0 bridgehead atoms. The largest absolute Gasteiger partial charge is 0.370 e. The number of nitrogens with one attached hydrogen (secondary N) is 2. The number of hydrogen-bond donors (Lipinski definition) is 3. The van der Waals surface area contributed by atoms with Crippen molar-refractivity contribution in [2.75, 3.05) is 13.1 Å². The molecule has 1 aliphatic heterocycles. The molecule has 1 saturated carbocycles. The van der Waals surface area contributed by atoms with E-state index >= 15 is 0 Å². The fraction of sp³-hybridized carbons (Fsp3) is 0.435. The van der Waals surface area contributed by atoms with Gasteiger partial charge in [0.05, 0.1) is 5.54 Å². The molecule has 7 heteroatoms. The third-order valence-corrected chi connectivity index (χ3v) is 6.00. The maximum atomic E-state index is 13.3. The average Bonchev–Trinajstić information content (AvgIpc) is 3.55. The fourth-order valence-corrected chi connectivity index (χ4v) is 4.23. The molecule has 2 amide bonds. The summed E-state index contributed by atoms with van der Waals surface area (Å²) in [7, 11) is 0. The van der Waals surface area contributed by atoms with Gasteiger partial charge in [-0.25, -0.2) is 9.37 Å². The molecule has 4 rings (SSSR count). The van der Waals surface area contributed by atoms with Crippen molar-refractivity contribution in [3.63, 3.8) is 0 Å². The molecule has 0 radical (unpaired) electrons. The lowest BCUT2D eigenvalue weighted by Gasteiger charge is -2.37. The number of amides is 2. The number of pyridine rings is 1. The molecule has 1 aliphatic carbocycles. The van der Waals surface area contributed by atoms with Crippen LogP contribution in [0.15, 0.2) is 36.4 Å². The van der Waals surface area contributed by atoms with Gasteiger partial charge in [0.1, 0.15) is 11.5 Å². The van der Waals surface area contributed by atoms with E-state index in [9.17, 15) is 14.0 Å². The highest BCUT2D eigenvalue weighted by Crippen LogP contribution is 2.41. The van der Waals surface area contributed by atoms with Crippen molar-refractivity contribution in [2.45, 2.75) is 50.0 Å². The normalized spacial score (nSPS) is 18.0. The van der Waals surface area contributed by atoms with Crippen LogP contribution in [0.3, 0.4) is 0 Å². The highest BCUT2D eigenvalue weighted by atomic mass is 19.1. The van der Waals surface area contributed by atoms with E-state index in [2.05, 4.69) is 15.6 Å². The summed E-state index contributed by atoms with van der Waals surface area (Å²) in [5, 5.41) is 6.30. The predicted octanol–water partition coefficient (Wildman–Crippen LogP) is 2.42. The van der Waals surface area contributed by atoms with E-state index in [1.165, 1.54) is 12.1 Å². The molecule has 1 aromatic heterocycles. The molecular weight excluding hydrogens is 383 g/mol. The third-order valence-electron chi connectivity index (χ3n) is 6.00. The summed E-state index contributed by atoms with van der Waals surface area (Å²) in [4.78, 5) is 29.3. The first-order valence-electron chi connectivity index (χ1n) is 10.5. The Balaban J connectivity index is 1.57. The molecule has 0 spiro atoms. The first-order valence-corrected chi connectivity index (χ1v) is 10.5. The smallest absolute Gasteiger partial charge is 0.270 e. The number of benzene rings is 1. The quantitative estimate of drug-likeness (QED) is 0.653. The van der Waals surface area contributed by atoms with Crippen LogP contribution >= 0.6 is 0 Å². The number of carbonyl (C=O) groups is 2. The van der Waals surface area contributed by atoms with Crippen LogP contribution in [0.5, 0.6) is 0 Å². The maximum Gasteiger partial charge on any atom is 0.270 e. The first kappa shape index (κ1) is 20.5. The Bertz CT molecular complexity index is 935. The zero-order valence-corrected chi connectivity index (χ0v) is 16.9.